The summed E-state index contributed by atoms with van der Waals surface area (Å²) in [6, 6.07) is 10.7. The van der Waals surface area contributed by atoms with Crippen molar-refractivity contribution >= 4 is 12.0 Å². The zero-order valence-electron chi connectivity index (χ0n) is 23.9. The highest BCUT2D eigenvalue weighted by Crippen LogP contribution is 2.41. The number of cyclic esters (lactones) is 1. The van der Waals surface area contributed by atoms with Crippen molar-refractivity contribution in [1.29, 1.82) is 0 Å². The van der Waals surface area contributed by atoms with Gasteiger partial charge < -0.3 is 14.4 Å². The predicted octanol–water partition coefficient (Wildman–Crippen LogP) is 7.51. The fraction of sp³-hybridized carbons (Fsp3) is 0.469. The first-order chi connectivity index (χ1) is 20.2. The van der Waals surface area contributed by atoms with Gasteiger partial charge in [-0.1, -0.05) is 37.5 Å². The van der Waals surface area contributed by atoms with Crippen molar-refractivity contribution in [2.45, 2.75) is 76.2 Å². The third-order valence-electron chi connectivity index (χ3n) is 8.84. The Labute approximate surface area is 243 Å². The first kappa shape index (κ1) is 28.3. The Morgan fingerprint density at radius 1 is 1.00 bits per heavy atom. The Bertz CT molecular complexity index is 1450. The molecule has 1 aromatic heterocycles. The predicted molar refractivity (Wildman–Crippen MR) is 152 cm³/mol. The molecule has 42 heavy (non-hydrogen) atoms. The largest absolute Gasteiger partial charge is 0.496 e. The Morgan fingerprint density at radius 2 is 1.79 bits per heavy atom. The maximum atomic E-state index is 13.4. The fourth-order valence-corrected chi connectivity index (χ4v) is 6.26. The van der Waals surface area contributed by atoms with Crippen molar-refractivity contribution in [3.05, 3.63) is 71.0 Å². The van der Waals surface area contributed by atoms with E-state index in [1.54, 1.807) is 26.3 Å². The summed E-state index contributed by atoms with van der Waals surface area (Å²) in [6.45, 7) is 3.63. The van der Waals surface area contributed by atoms with Crippen LogP contribution in [0.25, 0.3) is 11.1 Å². The van der Waals surface area contributed by atoms with Crippen LogP contribution in [0.3, 0.4) is 0 Å². The van der Waals surface area contributed by atoms with Gasteiger partial charge in [-0.25, -0.2) is 14.8 Å². The van der Waals surface area contributed by atoms with Crippen molar-refractivity contribution in [3.8, 4) is 16.9 Å². The molecule has 7 nitrogen and oxygen atoms in total. The van der Waals surface area contributed by atoms with Crippen LogP contribution in [0, 0.1) is 0 Å². The lowest BCUT2D eigenvalue weighted by Gasteiger charge is -2.31. The summed E-state index contributed by atoms with van der Waals surface area (Å²) in [7, 11) is 1.63. The number of carbonyl (C=O) groups excluding carboxylic acids is 1. The van der Waals surface area contributed by atoms with Crippen LogP contribution in [0.5, 0.6) is 5.75 Å². The highest BCUT2D eigenvalue weighted by Gasteiger charge is 2.41. The van der Waals surface area contributed by atoms with E-state index in [0.29, 0.717) is 28.9 Å². The normalized spacial score (nSPS) is 21.3. The Hall–Kier alpha value is -3.82. The van der Waals surface area contributed by atoms with E-state index >= 15 is 0 Å². The third-order valence-corrected chi connectivity index (χ3v) is 8.84. The fourth-order valence-electron chi connectivity index (χ4n) is 6.26. The van der Waals surface area contributed by atoms with Gasteiger partial charge in [-0.2, -0.15) is 13.2 Å². The first-order valence-electron chi connectivity index (χ1n) is 14.7. The minimum Gasteiger partial charge on any atom is -0.496 e. The minimum atomic E-state index is -4.49. The van der Waals surface area contributed by atoms with Gasteiger partial charge in [0.1, 0.15) is 11.9 Å². The molecular formula is C32H35F3N4O3. The van der Waals surface area contributed by atoms with E-state index in [1.807, 2.05) is 6.07 Å². The number of alkyl halides is 3. The Balaban J connectivity index is 1.35. The van der Waals surface area contributed by atoms with Crippen molar-refractivity contribution in [3.63, 3.8) is 0 Å². The van der Waals surface area contributed by atoms with Crippen LogP contribution >= 0.6 is 0 Å². The van der Waals surface area contributed by atoms with Crippen LogP contribution in [-0.4, -0.2) is 47.2 Å². The van der Waals surface area contributed by atoms with E-state index in [2.05, 4.69) is 22.0 Å². The highest BCUT2D eigenvalue weighted by molar-refractivity contribution is 5.75. The third kappa shape index (κ3) is 5.51. The maximum absolute atomic E-state index is 13.4. The molecule has 2 atom stereocenters. The number of methoxy groups -OCH3 is 1. The maximum Gasteiger partial charge on any atom is 0.416 e. The lowest BCUT2D eigenvalue weighted by Crippen LogP contribution is -2.39. The molecule has 3 fully saturated rings. The zero-order valence-corrected chi connectivity index (χ0v) is 23.9. The van der Waals surface area contributed by atoms with Crippen LogP contribution in [0.4, 0.5) is 23.9 Å². The molecule has 3 heterocycles. The molecule has 0 bridgehead atoms. The van der Waals surface area contributed by atoms with Gasteiger partial charge in [0.05, 0.1) is 31.0 Å². The van der Waals surface area contributed by atoms with Gasteiger partial charge in [0.15, 0.2) is 0 Å². The number of nitrogens with zero attached hydrogens (tertiary/aromatic N) is 4. The van der Waals surface area contributed by atoms with Crippen molar-refractivity contribution in [2.24, 2.45) is 0 Å². The quantitative estimate of drug-likeness (QED) is 0.288. The lowest BCUT2D eigenvalue weighted by molar-refractivity contribution is -0.137. The molecule has 2 aromatic carbocycles. The molecule has 0 radical (unpaired) electrons. The monoisotopic (exact) mass is 580 g/mol. The second kappa shape index (κ2) is 11.5. The number of hydrogen-bond donors (Lipinski definition) is 0. The van der Waals surface area contributed by atoms with Crippen LogP contribution < -0.4 is 9.64 Å². The standard InChI is InChI=1S/C32H35F3N4O3/c1-20-29(23-10-6-11-24(16-23)32(33,34)35)42-31(40)39(20)19-27-26(18-36-30(37-27)38-14-7-15-38)25-17-22(12-13-28(25)41-2)21-8-4-3-5-9-21/h6,10-13,16-18,20-21,29H,3-5,7-9,14-15,19H2,1-2H3. The number of carbonyl (C=O) groups is 1. The van der Waals surface area contributed by atoms with Crippen LogP contribution in [-0.2, 0) is 17.5 Å². The van der Waals surface area contributed by atoms with Crippen LogP contribution in [0.2, 0.25) is 0 Å². The van der Waals surface area contributed by atoms with Gasteiger partial charge in [-0.15, -0.1) is 0 Å². The van der Waals surface area contributed by atoms with Gasteiger partial charge in [-0.05, 0) is 67.5 Å². The molecule has 3 aliphatic rings. The van der Waals surface area contributed by atoms with Crippen LogP contribution in [0.1, 0.15) is 79.9 Å². The number of halogens is 3. The first-order valence-corrected chi connectivity index (χ1v) is 14.7. The van der Waals surface area contributed by atoms with E-state index in [4.69, 9.17) is 14.5 Å². The molecule has 1 amide bonds. The average Bonchev–Trinajstić information content (AvgIpc) is 3.25. The highest BCUT2D eigenvalue weighted by atomic mass is 19.4. The molecule has 1 aliphatic carbocycles. The van der Waals surface area contributed by atoms with E-state index in [-0.39, 0.29) is 6.54 Å². The van der Waals surface area contributed by atoms with Crippen molar-refractivity contribution in [1.82, 2.24) is 14.9 Å². The molecule has 2 unspecified atom stereocenters. The van der Waals surface area contributed by atoms with Crippen LogP contribution in [0.15, 0.2) is 48.7 Å². The lowest BCUT2D eigenvalue weighted by atomic mass is 9.83. The smallest absolute Gasteiger partial charge is 0.416 e. The van der Waals surface area contributed by atoms with E-state index in [1.165, 1.54) is 35.8 Å². The summed E-state index contributed by atoms with van der Waals surface area (Å²) in [4.78, 5) is 26.4. The van der Waals surface area contributed by atoms with E-state index < -0.39 is 30.0 Å². The number of ether oxygens (including phenoxy) is 2. The van der Waals surface area contributed by atoms with Gasteiger partial charge >= 0.3 is 12.3 Å². The minimum absolute atomic E-state index is 0.116. The SMILES string of the molecule is COc1ccc(C2CCCCC2)cc1-c1cnc(N2CCC2)nc1CN1C(=O)OC(c2cccc(C(F)(F)F)c2)C1C. The Kier molecular flexibility index (Phi) is 7.72. The number of hydrogen-bond acceptors (Lipinski definition) is 6. The molecule has 6 rings (SSSR count). The van der Waals surface area contributed by atoms with E-state index in [9.17, 15) is 18.0 Å². The molecule has 10 heteroatoms. The summed E-state index contributed by atoms with van der Waals surface area (Å²) in [5, 5.41) is 0. The summed E-state index contributed by atoms with van der Waals surface area (Å²) in [6.07, 6.45) is 2.93. The average molecular weight is 581 g/mol. The molecule has 2 saturated heterocycles. The Morgan fingerprint density at radius 3 is 2.48 bits per heavy atom. The second-order valence-corrected chi connectivity index (χ2v) is 11.5. The number of amides is 1. The van der Waals surface area contributed by atoms with E-state index in [0.717, 1.165) is 55.6 Å². The molecule has 0 N–H and O–H groups in total. The molecule has 2 aliphatic heterocycles. The number of rotatable bonds is 7. The second-order valence-electron chi connectivity index (χ2n) is 11.5. The molecule has 3 aromatic rings. The van der Waals surface area contributed by atoms with Gasteiger partial charge in [-0.3, -0.25) is 4.90 Å². The zero-order chi connectivity index (χ0) is 29.4. The molecule has 222 valence electrons. The summed E-state index contributed by atoms with van der Waals surface area (Å²) in [5.74, 6) is 1.77. The van der Waals surface area contributed by atoms with Gasteiger partial charge in [0.2, 0.25) is 5.95 Å². The number of aromatic nitrogens is 2. The van der Waals surface area contributed by atoms with Gasteiger partial charge in [0.25, 0.3) is 0 Å². The molecule has 1 saturated carbocycles. The van der Waals surface area contributed by atoms with Crippen molar-refractivity contribution in [2.75, 3.05) is 25.1 Å². The molecular weight excluding hydrogens is 545 g/mol. The van der Waals surface area contributed by atoms with Crippen molar-refractivity contribution < 1.29 is 27.4 Å². The topological polar surface area (TPSA) is 67.8 Å². The number of anilines is 1. The number of benzene rings is 2. The summed E-state index contributed by atoms with van der Waals surface area (Å²) >= 11 is 0. The summed E-state index contributed by atoms with van der Waals surface area (Å²) in [5.41, 5.74) is 3.04. The molecule has 0 spiro atoms. The summed E-state index contributed by atoms with van der Waals surface area (Å²) < 4.78 is 51.6. The van der Waals surface area contributed by atoms with Gasteiger partial charge in [0, 0.05) is 30.4 Å².